The van der Waals surface area contributed by atoms with Gasteiger partial charge in [-0.3, -0.25) is 0 Å². The number of anilines is 1. The highest BCUT2D eigenvalue weighted by Crippen LogP contribution is 2.24. The predicted molar refractivity (Wildman–Crippen MR) is 58.8 cm³/mol. The molecule has 1 aromatic carbocycles. The monoisotopic (exact) mass is 191 g/mol. The molecule has 1 heterocycles. The Morgan fingerprint density at radius 2 is 2.14 bits per heavy atom. The zero-order chi connectivity index (χ0) is 10.1. The number of nitrogens with zero attached hydrogens (tertiary/aromatic N) is 1. The molecule has 1 atom stereocenters. The Labute approximate surface area is 85.2 Å². The van der Waals surface area contributed by atoms with E-state index in [1.54, 1.807) is 0 Å². The minimum Gasteiger partial charge on any atom is -0.391 e. The van der Waals surface area contributed by atoms with E-state index in [0.717, 1.165) is 19.5 Å². The minimum absolute atomic E-state index is 0.143. The fraction of sp³-hybridized carbons (Fsp3) is 0.500. The van der Waals surface area contributed by atoms with Crippen LogP contribution in [0.15, 0.2) is 18.2 Å². The van der Waals surface area contributed by atoms with Gasteiger partial charge in [-0.25, -0.2) is 0 Å². The van der Waals surface area contributed by atoms with Crippen molar-refractivity contribution in [2.24, 2.45) is 0 Å². The van der Waals surface area contributed by atoms with Crippen LogP contribution in [-0.4, -0.2) is 24.3 Å². The van der Waals surface area contributed by atoms with E-state index >= 15 is 0 Å². The molecular formula is C12H17NO. The van der Waals surface area contributed by atoms with Gasteiger partial charge in [-0.05, 0) is 31.9 Å². The van der Waals surface area contributed by atoms with Crippen LogP contribution >= 0.6 is 0 Å². The fourth-order valence-corrected chi connectivity index (χ4v) is 2.12. The van der Waals surface area contributed by atoms with E-state index in [-0.39, 0.29) is 6.10 Å². The molecule has 0 aliphatic carbocycles. The molecule has 2 nitrogen and oxygen atoms in total. The second-order valence-corrected chi connectivity index (χ2v) is 4.18. The number of hydrogen-bond donors (Lipinski definition) is 1. The van der Waals surface area contributed by atoms with Crippen molar-refractivity contribution in [3.8, 4) is 0 Å². The van der Waals surface area contributed by atoms with Crippen molar-refractivity contribution in [3.05, 3.63) is 29.3 Å². The van der Waals surface area contributed by atoms with Crippen LogP contribution in [0.5, 0.6) is 0 Å². The largest absolute Gasteiger partial charge is 0.391 e. The summed E-state index contributed by atoms with van der Waals surface area (Å²) in [6.07, 6.45) is 0.753. The second-order valence-electron chi connectivity index (χ2n) is 4.18. The van der Waals surface area contributed by atoms with Gasteiger partial charge in [0.2, 0.25) is 0 Å². The topological polar surface area (TPSA) is 23.5 Å². The van der Waals surface area contributed by atoms with E-state index in [1.165, 1.54) is 16.8 Å². The van der Waals surface area contributed by atoms with Gasteiger partial charge in [-0.2, -0.15) is 0 Å². The molecule has 0 aromatic heterocycles. The molecule has 1 unspecified atom stereocenters. The first-order chi connectivity index (χ1) is 6.66. The van der Waals surface area contributed by atoms with Crippen molar-refractivity contribution >= 4 is 5.69 Å². The molecule has 1 N–H and O–H groups in total. The van der Waals surface area contributed by atoms with Crippen molar-refractivity contribution < 1.29 is 5.11 Å². The highest BCUT2D eigenvalue weighted by molar-refractivity contribution is 5.55. The van der Waals surface area contributed by atoms with Crippen LogP contribution in [0, 0.1) is 13.8 Å². The summed E-state index contributed by atoms with van der Waals surface area (Å²) in [5.74, 6) is 0. The first-order valence-corrected chi connectivity index (χ1v) is 5.17. The normalized spacial score (nSPS) is 21.6. The Bertz CT molecular complexity index is 335. The molecule has 0 amide bonds. The lowest BCUT2D eigenvalue weighted by Crippen LogP contribution is -2.21. The molecule has 1 aliphatic heterocycles. The Balaban J connectivity index is 2.24. The average Bonchev–Trinajstić information content (AvgIpc) is 2.51. The molecule has 1 fully saturated rings. The van der Waals surface area contributed by atoms with Gasteiger partial charge in [-0.15, -0.1) is 0 Å². The van der Waals surface area contributed by atoms with E-state index in [2.05, 4.69) is 36.9 Å². The highest BCUT2D eigenvalue weighted by Gasteiger charge is 2.21. The second kappa shape index (κ2) is 3.62. The number of aryl methyl sites for hydroxylation is 2. The van der Waals surface area contributed by atoms with Crippen LogP contribution in [-0.2, 0) is 0 Å². The zero-order valence-electron chi connectivity index (χ0n) is 8.83. The minimum atomic E-state index is -0.143. The molecular weight excluding hydrogens is 174 g/mol. The molecule has 1 aliphatic rings. The third-order valence-corrected chi connectivity index (χ3v) is 2.86. The smallest absolute Gasteiger partial charge is 0.0731 e. The van der Waals surface area contributed by atoms with E-state index in [0.29, 0.717) is 0 Å². The summed E-state index contributed by atoms with van der Waals surface area (Å²) in [7, 11) is 0. The number of benzene rings is 1. The van der Waals surface area contributed by atoms with E-state index in [9.17, 15) is 5.11 Å². The lowest BCUT2D eigenvalue weighted by atomic mass is 10.1. The molecule has 0 saturated carbocycles. The van der Waals surface area contributed by atoms with E-state index < -0.39 is 0 Å². The molecule has 0 spiro atoms. The summed E-state index contributed by atoms with van der Waals surface area (Å²) >= 11 is 0. The van der Waals surface area contributed by atoms with Crippen LogP contribution in [0.1, 0.15) is 17.5 Å². The van der Waals surface area contributed by atoms with Gasteiger partial charge in [-0.1, -0.05) is 17.7 Å². The maximum absolute atomic E-state index is 9.46. The highest BCUT2D eigenvalue weighted by atomic mass is 16.3. The van der Waals surface area contributed by atoms with Gasteiger partial charge in [0.15, 0.2) is 0 Å². The van der Waals surface area contributed by atoms with Gasteiger partial charge in [0, 0.05) is 18.8 Å². The lowest BCUT2D eigenvalue weighted by molar-refractivity contribution is 0.198. The maximum Gasteiger partial charge on any atom is 0.0731 e. The summed E-state index contributed by atoms with van der Waals surface area (Å²) < 4.78 is 0. The van der Waals surface area contributed by atoms with Gasteiger partial charge < -0.3 is 10.0 Å². The summed E-state index contributed by atoms with van der Waals surface area (Å²) in [5, 5.41) is 9.46. The van der Waals surface area contributed by atoms with E-state index in [4.69, 9.17) is 0 Å². The number of hydrogen-bond acceptors (Lipinski definition) is 2. The first-order valence-electron chi connectivity index (χ1n) is 5.17. The summed E-state index contributed by atoms with van der Waals surface area (Å²) in [6, 6.07) is 6.48. The number of β-amino-alcohol motifs (C(OH)–C–C–N with tert-alkyl or cyclic N) is 1. The lowest BCUT2D eigenvalue weighted by Gasteiger charge is -2.20. The molecule has 2 heteroatoms. The molecule has 14 heavy (non-hydrogen) atoms. The Kier molecular flexibility index (Phi) is 2.46. The summed E-state index contributed by atoms with van der Waals surface area (Å²) in [4.78, 5) is 2.26. The van der Waals surface area contributed by atoms with Crippen LogP contribution < -0.4 is 4.90 Å². The van der Waals surface area contributed by atoms with Crippen molar-refractivity contribution in [1.29, 1.82) is 0 Å². The van der Waals surface area contributed by atoms with Gasteiger partial charge in [0.1, 0.15) is 0 Å². The molecule has 76 valence electrons. The van der Waals surface area contributed by atoms with Gasteiger partial charge in [0.05, 0.1) is 6.10 Å². The number of aliphatic hydroxyl groups excluding tert-OH is 1. The molecule has 0 bridgehead atoms. The Morgan fingerprint density at radius 3 is 2.71 bits per heavy atom. The number of rotatable bonds is 1. The number of aliphatic hydroxyl groups is 1. The van der Waals surface area contributed by atoms with Crippen molar-refractivity contribution in [1.82, 2.24) is 0 Å². The molecule has 1 aromatic rings. The zero-order valence-corrected chi connectivity index (χ0v) is 8.83. The predicted octanol–water partition coefficient (Wildman–Crippen LogP) is 1.87. The van der Waals surface area contributed by atoms with Crippen LogP contribution in [0.2, 0.25) is 0 Å². The fourth-order valence-electron chi connectivity index (χ4n) is 2.12. The third-order valence-electron chi connectivity index (χ3n) is 2.86. The molecule has 2 rings (SSSR count). The van der Waals surface area contributed by atoms with Crippen LogP contribution in [0.3, 0.4) is 0 Å². The van der Waals surface area contributed by atoms with E-state index in [1.807, 2.05) is 0 Å². The average molecular weight is 191 g/mol. The molecule has 1 saturated heterocycles. The molecule has 0 radical (unpaired) electrons. The van der Waals surface area contributed by atoms with Crippen LogP contribution in [0.25, 0.3) is 0 Å². The Hall–Kier alpha value is -1.02. The van der Waals surface area contributed by atoms with Gasteiger partial charge in [0.25, 0.3) is 0 Å². The van der Waals surface area contributed by atoms with Crippen LogP contribution in [0.4, 0.5) is 5.69 Å². The van der Waals surface area contributed by atoms with Crippen molar-refractivity contribution in [2.45, 2.75) is 26.4 Å². The van der Waals surface area contributed by atoms with Gasteiger partial charge >= 0.3 is 0 Å². The quantitative estimate of drug-likeness (QED) is 0.732. The Morgan fingerprint density at radius 1 is 1.36 bits per heavy atom. The third kappa shape index (κ3) is 1.75. The summed E-state index contributed by atoms with van der Waals surface area (Å²) in [6.45, 7) is 6.00. The van der Waals surface area contributed by atoms with Crippen molar-refractivity contribution in [3.63, 3.8) is 0 Å². The standard InChI is InChI=1S/C12H17NO/c1-9-3-4-12(10(2)7-9)13-6-5-11(14)8-13/h3-4,7,11,14H,5-6,8H2,1-2H3. The SMILES string of the molecule is Cc1ccc(N2CCC(O)C2)c(C)c1. The first kappa shape index (κ1) is 9.53. The van der Waals surface area contributed by atoms with Crippen molar-refractivity contribution in [2.75, 3.05) is 18.0 Å². The maximum atomic E-state index is 9.46. The summed E-state index contributed by atoms with van der Waals surface area (Å²) in [5.41, 5.74) is 3.87.